The summed E-state index contributed by atoms with van der Waals surface area (Å²) in [7, 11) is 0. The minimum atomic E-state index is -1.18. The summed E-state index contributed by atoms with van der Waals surface area (Å²) in [5, 5.41) is 24.5. The Balaban J connectivity index is 2.13. The molecule has 2 aromatic carbocycles. The number of amides is 2. The molecule has 0 radical (unpaired) electrons. The zero-order valence-electron chi connectivity index (χ0n) is 16.9. The van der Waals surface area contributed by atoms with Gasteiger partial charge < -0.3 is 32.3 Å². The van der Waals surface area contributed by atoms with E-state index in [4.69, 9.17) is 11.5 Å². The number of aliphatic carboxylic acids is 1. The number of phenolic OH excluding ortho intramolecular Hbond substituents is 1. The maximum absolute atomic E-state index is 12.5. The molecule has 1 atom stereocenters. The van der Waals surface area contributed by atoms with Crippen molar-refractivity contribution in [1.29, 1.82) is 0 Å². The number of carboxylic acids is 1. The SMILES string of the molecule is Cc1cc(N=C(N)N)cc(C(=O)NCC(=O)NC(CC(=O)O)c2cc(Br)cc(Br)c2O)c1. The number of nitrogens with one attached hydrogen (secondary N) is 2. The summed E-state index contributed by atoms with van der Waals surface area (Å²) < 4.78 is 0.905. The zero-order chi connectivity index (χ0) is 24.0. The van der Waals surface area contributed by atoms with Gasteiger partial charge in [0.05, 0.1) is 29.2 Å². The van der Waals surface area contributed by atoms with E-state index in [1.165, 1.54) is 12.1 Å². The lowest BCUT2D eigenvalue weighted by atomic mass is 10.0. The Hall–Kier alpha value is -3.12. The number of carbonyl (C=O) groups excluding carboxylic acids is 2. The van der Waals surface area contributed by atoms with Crippen molar-refractivity contribution in [2.45, 2.75) is 19.4 Å². The second-order valence-corrected chi connectivity index (χ2v) is 8.59. The largest absolute Gasteiger partial charge is 0.506 e. The van der Waals surface area contributed by atoms with Gasteiger partial charge in [0, 0.05) is 15.6 Å². The highest BCUT2D eigenvalue weighted by Crippen LogP contribution is 2.36. The Labute approximate surface area is 200 Å². The Bertz CT molecular complexity index is 1090. The number of aryl methyl sites for hydroxylation is 1. The van der Waals surface area contributed by atoms with Crippen LogP contribution in [-0.4, -0.2) is 40.5 Å². The van der Waals surface area contributed by atoms with Gasteiger partial charge >= 0.3 is 5.97 Å². The van der Waals surface area contributed by atoms with Crippen LogP contribution < -0.4 is 22.1 Å². The molecule has 2 amide bonds. The van der Waals surface area contributed by atoms with Gasteiger partial charge in [0.25, 0.3) is 5.91 Å². The number of guanidine groups is 1. The lowest BCUT2D eigenvalue weighted by Crippen LogP contribution is -2.39. The summed E-state index contributed by atoms with van der Waals surface area (Å²) in [6.45, 7) is 1.34. The summed E-state index contributed by atoms with van der Waals surface area (Å²) in [5.74, 6) is -2.72. The van der Waals surface area contributed by atoms with Crippen LogP contribution in [0.15, 0.2) is 44.3 Å². The lowest BCUT2D eigenvalue weighted by molar-refractivity contribution is -0.137. The molecular formula is C20H21Br2N5O5. The Morgan fingerprint density at radius 3 is 2.44 bits per heavy atom. The van der Waals surface area contributed by atoms with Crippen molar-refractivity contribution in [2.75, 3.05) is 6.54 Å². The highest BCUT2D eigenvalue weighted by molar-refractivity contribution is 9.11. The number of nitrogens with two attached hydrogens (primary N) is 2. The molecular weight excluding hydrogens is 550 g/mol. The molecule has 0 bridgehead atoms. The Morgan fingerprint density at radius 1 is 1.12 bits per heavy atom. The van der Waals surface area contributed by atoms with Gasteiger partial charge in [-0.15, -0.1) is 0 Å². The number of phenols is 1. The molecule has 0 aliphatic carbocycles. The molecule has 170 valence electrons. The zero-order valence-corrected chi connectivity index (χ0v) is 20.0. The Morgan fingerprint density at radius 2 is 1.81 bits per heavy atom. The fourth-order valence-corrected chi connectivity index (χ4v) is 4.14. The van der Waals surface area contributed by atoms with Gasteiger partial charge in [-0.2, -0.15) is 0 Å². The smallest absolute Gasteiger partial charge is 0.305 e. The van der Waals surface area contributed by atoms with Crippen molar-refractivity contribution in [3.05, 3.63) is 56.0 Å². The number of rotatable bonds is 8. The fraction of sp³-hybridized carbons (Fsp3) is 0.200. The molecule has 0 aliphatic rings. The van der Waals surface area contributed by atoms with Crippen LogP contribution in [0.3, 0.4) is 0 Å². The second-order valence-electron chi connectivity index (χ2n) is 6.82. The molecule has 10 nitrogen and oxygen atoms in total. The minimum absolute atomic E-state index is 0.159. The van der Waals surface area contributed by atoms with Crippen LogP contribution in [0.4, 0.5) is 5.69 Å². The molecule has 0 saturated heterocycles. The van der Waals surface area contributed by atoms with Crippen LogP contribution in [0.25, 0.3) is 0 Å². The van der Waals surface area contributed by atoms with E-state index in [9.17, 15) is 24.6 Å². The number of hydrogen-bond donors (Lipinski definition) is 6. The predicted molar refractivity (Wildman–Crippen MR) is 126 cm³/mol. The quantitative estimate of drug-likeness (QED) is 0.208. The van der Waals surface area contributed by atoms with E-state index in [-0.39, 0.29) is 22.8 Å². The maximum atomic E-state index is 12.5. The van der Waals surface area contributed by atoms with Crippen LogP contribution in [-0.2, 0) is 9.59 Å². The molecule has 0 saturated carbocycles. The van der Waals surface area contributed by atoms with E-state index in [1.54, 1.807) is 25.1 Å². The van der Waals surface area contributed by atoms with Crippen molar-refractivity contribution < 1.29 is 24.6 Å². The molecule has 1 unspecified atom stereocenters. The van der Waals surface area contributed by atoms with Gasteiger partial charge in [0.1, 0.15) is 5.75 Å². The number of aliphatic imine (C=N–C) groups is 1. The molecule has 2 rings (SSSR count). The second kappa shape index (κ2) is 11.0. The molecule has 0 spiro atoms. The summed E-state index contributed by atoms with van der Waals surface area (Å²) in [6.07, 6.45) is -0.476. The first-order chi connectivity index (χ1) is 15.0. The van der Waals surface area contributed by atoms with E-state index in [1.807, 2.05) is 0 Å². The molecule has 0 aliphatic heterocycles. The number of halogens is 2. The monoisotopic (exact) mass is 569 g/mol. The highest BCUT2D eigenvalue weighted by Gasteiger charge is 2.23. The average molecular weight is 571 g/mol. The van der Waals surface area contributed by atoms with Crippen molar-refractivity contribution in [1.82, 2.24) is 10.6 Å². The summed E-state index contributed by atoms with van der Waals surface area (Å²) in [4.78, 5) is 40.1. The van der Waals surface area contributed by atoms with Crippen LogP contribution in [0.1, 0.15) is 33.9 Å². The first kappa shape index (κ1) is 25.1. The third-order valence-electron chi connectivity index (χ3n) is 4.14. The van der Waals surface area contributed by atoms with Gasteiger partial charge in [-0.05, 0) is 58.7 Å². The standard InChI is InChI=1S/C20H21Br2N5O5/c1-9-2-10(4-12(3-9)26-20(23)24)19(32)25-8-16(28)27-15(7-17(29)30)13-5-11(21)6-14(22)18(13)31/h2-6,15,31H,7-8H2,1H3,(H,25,32)(H,27,28)(H,29,30)(H4,23,24,26). The van der Waals surface area contributed by atoms with Crippen molar-refractivity contribution in [2.24, 2.45) is 16.5 Å². The van der Waals surface area contributed by atoms with E-state index in [0.717, 1.165) is 5.56 Å². The van der Waals surface area contributed by atoms with E-state index >= 15 is 0 Å². The van der Waals surface area contributed by atoms with Crippen LogP contribution in [0.2, 0.25) is 0 Å². The van der Waals surface area contributed by atoms with Crippen LogP contribution in [0.5, 0.6) is 5.75 Å². The first-order valence-corrected chi connectivity index (χ1v) is 10.7. The first-order valence-electron chi connectivity index (χ1n) is 9.15. The summed E-state index contributed by atoms with van der Waals surface area (Å²) in [5.41, 5.74) is 12.3. The number of carboxylic acid groups (broad SMARTS) is 1. The van der Waals surface area contributed by atoms with Gasteiger partial charge in [-0.25, -0.2) is 4.99 Å². The number of hydrogen-bond acceptors (Lipinski definition) is 5. The topological polar surface area (TPSA) is 180 Å². The highest BCUT2D eigenvalue weighted by atomic mass is 79.9. The molecule has 12 heteroatoms. The predicted octanol–water partition coefficient (Wildman–Crippen LogP) is 2.19. The van der Waals surface area contributed by atoms with Crippen LogP contribution >= 0.6 is 31.9 Å². The minimum Gasteiger partial charge on any atom is -0.506 e. The van der Waals surface area contributed by atoms with E-state index in [0.29, 0.717) is 14.6 Å². The number of nitrogens with zero attached hydrogens (tertiary/aromatic N) is 1. The molecule has 32 heavy (non-hydrogen) atoms. The molecule has 0 fully saturated rings. The van der Waals surface area contributed by atoms with Crippen molar-refractivity contribution in [3.8, 4) is 5.75 Å². The molecule has 8 N–H and O–H groups in total. The molecule has 0 aromatic heterocycles. The van der Waals surface area contributed by atoms with E-state index in [2.05, 4.69) is 47.5 Å². The summed E-state index contributed by atoms with van der Waals surface area (Å²) in [6, 6.07) is 6.80. The van der Waals surface area contributed by atoms with Crippen molar-refractivity contribution in [3.63, 3.8) is 0 Å². The van der Waals surface area contributed by atoms with Gasteiger partial charge in [0.2, 0.25) is 5.91 Å². The van der Waals surface area contributed by atoms with Crippen molar-refractivity contribution >= 4 is 61.3 Å². The third kappa shape index (κ3) is 7.24. The Kier molecular flexibility index (Phi) is 8.61. The van der Waals surface area contributed by atoms with E-state index < -0.39 is 36.8 Å². The normalized spacial score (nSPS) is 11.3. The average Bonchev–Trinajstić information content (AvgIpc) is 2.67. The molecule has 0 heterocycles. The van der Waals surface area contributed by atoms with Gasteiger partial charge in [-0.1, -0.05) is 15.9 Å². The maximum Gasteiger partial charge on any atom is 0.305 e. The number of aromatic hydroxyl groups is 1. The molecule has 2 aromatic rings. The summed E-state index contributed by atoms with van der Waals surface area (Å²) >= 11 is 6.44. The fourth-order valence-electron chi connectivity index (χ4n) is 2.88. The lowest BCUT2D eigenvalue weighted by Gasteiger charge is -2.20. The number of carbonyl (C=O) groups is 3. The van der Waals surface area contributed by atoms with Gasteiger partial charge in [-0.3, -0.25) is 14.4 Å². The number of benzene rings is 2. The van der Waals surface area contributed by atoms with Gasteiger partial charge in [0.15, 0.2) is 5.96 Å². The van der Waals surface area contributed by atoms with Crippen LogP contribution in [0, 0.1) is 6.92 Å². The third-order valence-corrected chi connectivity index (χ3v) is 5.20.